The van der Waals surface area contributed by atoms with Crippen molar-refractivity contribution in [2.24, 2.45) is 7.05 Å². The first kappa shape index (κ1) is 16.0. The second-order valence-corrected chi connectivity index (χ2v) is 5.92. The van der Waals surface area contributed by atoms with Crippen molar-refractivity contribution in [2.75, 3.05) is 0 Å². The highest BCUT2D eigenvalue weighted by Gasteiger charge is 2.14. The number of nitrogens with zero attached hydrogens (tertiary/aromatic N) is 3. The van der Waals surface area contributed by atoms with E-state index >= 15 is 0 Å². The number of aromatic nitrogens is 3. The molecule has 3 rings (SSSR count). The smallest absolute Gasteiger partial charge is 0.277 e. The minimum absolute atomic E-state index is 0.0177. The SMILES string of the molecule is Cc1nn(C)c2c(=O)n(CC(=O)N[C@H](C)c3ccccc3)ccc12. The van der Waals surface area contributed by atoms with Gasteiger partial charge in [0.05, 0.1) is 11.7 Å². The topological polar surface area (TPSA) is 68.9 Å². The molecule has 124 valence electrons. The molecule has 0 aliphatic rings. The highest BCUT2D eigenvalue weighted by atomic mass is 16.2. The average Bonchev–Trinajstić information content (AvgIpc) is 2.85. The van der Waals surface area contributed by atoms with Crippen molar-refractivity contribution in [1.29, 1.82) is 0 Å². The maximum absolute atomic E-state index is 12.6. The van der Waals surface area contributed by atoms with E-state index in [1.807, 2.05) is 50.2 Å². The molecule has 0 aliphatic carbocycles. The number of carbonyl (C=O) groups excluding carboxylic acids is 1. The van der Waals surface area contributed by atoms with Crippen LogP contribution in [0.3, 0.4) is 0 Å². The van der Waals surface area contributed by atoms with Gasteiger partial charge in [-0.1, -0.05) is 30.3 Å². The second-order valence-electron chi connectivity index (χ2n) is 5.92. The molecule has 0 fully saturated rings. The number of carbonyl (C=O) groups is 1. The minimum Gasteiger partial charge on any atom is -0.348 e. The Morgan fingerprint density at radius 1 is 1.25 bits per heavy atom. The summed E-state index contributed by atoms with van der Waals surface area (Å²) in [6.45, 7) is 3.76. The fourth-order valence-electron chi connectivity index (χ4n) is 2.89. The molecule has 2 aromatic heterocycles. The number of aryl methyl sites for hydroxylation is 2. The van der Waals surface area contributed by atoms with Gasteiger partial charge in [-0.2, -0.15) is 5.10 Å². The van der Waals surface area contributed by atoms with Crippen LogP contribution in [-0.4, -0.2) is 20.3 Å². The summed E-state index contributed by atoms with van der Waals surface area (Å²) in [5.74, 6) is -0.202. The minimum atomic E-state index is -0.210. The van der Waals surface area contributed by atoms with E-state index in [-0.39, 0.29) is 24.1 Å². The predicted molar refractivity (Wildman–Crippen MR) is 92.7 cm³/mol. The lowest BCUT2D eigenvalue weighted by molar-refractivity contribution is -0.122. The van der Waals surface area contributed by atoms with E-state index in [9.17, 15) is 9.59 Å². The summed E-state index contributed by atoms with van der Waals surface area (Å²) in [4.78, 5) is 24.9. The molecular weight excluding hydrogens is 304 g/mol. The molecule has 0 aliphatic heterocycles. The van der Waals surface area contributed by atoms with Crippen LogP contribution in [0.2, 0.25) is 0 Å². The molecule has 0 bridgehead atoms. The Kier molecular flexibility index (Phi) is 4.20. The van der Waals surface area contributed by atoms with Gasteiger partial charge >= 0.3 is 0 Å². The van der Waals surface area contributed by atoms with Crippen molar-refractivity contribution >= 4 is 16.8 Å². The van der Waals surface area contributed by atoms with Crippen LogP contribution < -0.4 is 10.9 Å². The van der Waals surface area contributed by atoms with Gasteiger partial charge in [0.1, 0.15) is 12.1 Å². The molecule has 2 heterocycles. The van der Waals surface area contributed by atoms with Crippen LogP contribution in [0, 0.1) is 6.92 Å². The first-order valence-corrected chi connectivity index (χ1v) is 7.84. The molecule has 0 radical (unpaired) electrons. The van der Waals surface area contributed by atoms with Crippen LogP contribution in [-0.2, 0) is 18.4 Å². The molecule has 24 heavy (non-hydrogen) atoms. The maximum Gasteiger partial charge on any atom is 0.277 e. The summed E-state index contributed by atoms with van der Waals surface area (Å²) in [6, 6.07) is 11.4. The first-order chi connectivity index (χ1) is 11.5. The lowest BCUT2D eigenvalue weighted by Crippen LogP contribution is -2.34. The number of amides is 1. The molecular formula is C18H20N4O2. The molecule has 6 nitrogen and oxygen atoms in total. The van der Waals surface area contributed by atoms with Gasteiger partial charge in [-0.3, -0.25) is 14.3 Å². The van der Waals surface area contributed by atoms with E-state index < -0.39 is 0 Å². The summed E-state index contributed by atoms with van der Waals surface area (Å²) in [7, 11) is 1.73. The van der Waals surface area contributed by atoms with Crippen LogP contribution in [0.15, 0.2) is 47.4 Å². The highest BCUT2D eigenvalue weighted by Crippen LogP contribution is 2.13. The summed E-state index contributed by atoms with van der Waals surface area (Å²) >= 11 is 0. The highest BCUT2D eigenvalue weighted by molar-refractivity contribution is 5.81. The maximum atomic E-state index is 12.6. The quantitative estimate of drug-likeness (QED) is 0.797. The van der Waals surface area contributed by atoms with Crippen LogP contribution in [0.4, 0.5) is 0 Å². The number of fused-ring (bicyclic) bond motifs is 1. The molecule has 1 amide bonds. The molecule has 3 aromatic rings. The zero-order chi connectivity index (χ0) is 17.3. The molecule has 1 aromatic carbocycles. The lowest BCUT2D eigenvalue weighted by Gasteiger charge is -2.15. The largest absolute Gasteiger partial charge is 0.348 e. The standard InChI is InChI=1S/C18H20N4O2/c1-12(14-7-5-4-6-8-14)19-16(23)11-22-10-9-15-13(2)20-21(3)17(15)18(22)24/h4-10,12H,11H2,1-3H3,(H,19,23)/t12-/m1/s1. The van der Waals surface area contributed by atoms with Crippen molar-refractivity contribution in [3.63, 3.8) is 0 Å². The zero-order valence-electron chi connectivity index (χ0n) is 14.0. The number of rotatable bonds is 4. The van der Waals surface area contributed by atoms with Crippen LogP contribution in [0.25, 0.3) is 10.9 Å². The third-order valence-corrected chi connectivity index (χ3v) is 4.14. The monoisotopic (exact) mass is 324 g/mol. The van der Waals surface area contributed by atoms with E-state index in [0.717, 1.165) is 16.6 Å². The number of hydrogen-bond donors (Lipinski definition) is 1. The van der Waals surface area contributed by atoms with Crippen molar-refractivity contribution in [1.82, 2.24) is 19.7 Å². The summed E-state index contributed by atoms with van der Waals surface area (Å²) < 4.78 is 2.98. The van der Waals surface area contributed by atoms with Gasteiger partial charge in [-0.05, 0) is 25.5 Å². The number of pyridine rings is 1. The van der Waals surface area contributed by atoms with Crippen LogP contribution >= 0.6 is 0 Å². The van der Waals surface area contributed by atoms with Gasteiger partial charge in [0.15, 0.2) is 0 Å². The van der Waals surface area contributed by atoms with Gasteiger partial charge in [0.2, 0.25) is 5.91 Å². The van der Waals surface area contributed by atoms with Crippen molar-refractivity contribution in [2.45, 2.75) is 26.4 Å². The van der Waals surface area contributed by atoms with Gasteiger partial charge in [-0.15, -0.1) is 0 Å². The van der Waals surface area contributed by atoms with E-state index in [0.29, 0.717) is 5.52 Å². The molecule has 0 unspecified atom stereocenters. The second kappa shape index (κ2) is 6.31. The van der Waals surface area contributed by atoms with Gasteiger partial charge in [-0.25, -0.2) is 0 Å². The van der Waals surface area contributed by atoms with E-state index in [1.54, 1.807) is 17.9 Å². The Hall–Kier alpha value is -2.89. The fraction of sp³-hybridized carbons (Fsp3) is 0.278. The molecule has 1 N–H and O–H groups in total. The zero-order valence-corrected chi connectivity index (χ0v) is 14.0. The summed E-state index contributed by atoms with van der Waals surface area (Å²) in [5.41, 5.74) is 2.13. The number of hydrogen-bond acceptors (Lipinski definition) is 3. The fourth-order valence-corrected chi connectivity index (χ4v) is 2.89. The first-order valence-electron chi connectivity index (χ1n) is 7.84. The summed E-state index contributed by atoms with van der Waals surface area (Å²) in [6.07, 6.45) is 1.64. The van der Waals surface area contributed by atoms with Crippen LogP contribution in [0.1, 0.15) is 24.2 Å². The number of benzene rings is 1. The van der Waals surface area contributed by atoms with Crippen molar-refractivity contribution in [3.05, 3.63) is 64.2 Å². The molecule has 0 saturated heterocycles. The normalized spacial score (nSPS) is 12.3. The van der Waals surface area contributed by atoms with E-state index in [1.165, 1.54) is 4.57 Å². The summed E-state index contributed by atoms with van der Waals surface area (Å²) in [5, 5.41) is 8.00. The van der Waals surface area contributed by atoms with E-state index in [4.69, 9.17) is 0 Å². The van der Waals surface area contributed by atoms with Crippen LogP contribution in [0.5, 0.6) is 0 Å². The average molecular weight is 324 g/mol. The molecule has 1 atom stereocenters. The van der Waals surface area contributed by atoms with Gasteiger partial charge < -0.3 is 9.88 Å². The van der Waals surface area contributed by atoms with Crippen molar-refractivity contribution < 1.29 is 4.79 Å². The molecule has 6 heteroatoms. The molecule has 0 saturated carbocycles. The lowest BCUT2D eigenvalue weighted by atomic mass is 10.1. The van der Waals surface area contributed by atoms with Crippen molar-refractivity contribution in [3.8, 4) is 0 Å². The predicted octanol–water partition coefficient (Wildman–Crippen LogP) is 1.92. The third kappa shape index (κ3) is 2.95. The Morgan fingerprint density at radius 3 is 2.67 bits per heavy atom. The Morgan fingerprint density at radius 2 is 1.96 bits per heavy atom. The third-order valence-electron chi connectivity index (χ3n) is 4.14. The van der Waals surface area contributed by atoms with Gasteiger partial charge in [0.25, 0.3) is 5.56 Å². The van der Waals surface area contributed by atoms with E-state index in [2.05, 4.69) is 10.4 Å². The molecule has 0 spiro atoms. The Labute approximate surface area is 139 Å². The Balaban J connectivity index is 1.80. The number of nitrogens with one attached hydrogen (secondary N) is 1. The Bertz CT molecular complexity index is 941. The van der Waals surface area contributed by atoms with Gasteiger partial charge in [0, 0.05) is 18.6 Å².